The number of nitrogens with one attached hydrogen (secondary N) is 1. The minimum Gasteiger partial charge on any atom is -1.00 e. The van der Waals surface area contributed by atoms with E-state index >= 15 is 0 Å². The molecular weight excluding hydrogens is 154 g/mol. The van der Waals surface area contributed by atoms with Crippen LogP contribution < -0.4 is 17.7 Å². The van der Waals surface area contributed by atoms with Crippen LogP contribution in [0.25, 0.3) is 0 Å². The molecular formula is C6H9ClNS-. The molecule has 0 unspecified atom stereocenters. The third kappa shape index (κ3) is 2.84. The molecule has 1 aromatic heterocycles. The normalized spacial score (nSPS) is 8.56. The lowest BCUT2D eigenvalue weighted by molar-refractivity contribution is -0.00000165. The first-order chi connectivity index (χ1) is 3.93. The molecule has 0 aliphatic carbocycles. The van der Waals surface area contributed by atoms with Gasteiger partial charge in [0.15, 0.2) is 0 Å². The van der Waals surface area contributed by atoms with E-state index in [0.717, 1.165) is 6.54 Å². The number of thiophene rings is 1. The van der Waals surface area contributed by atoms with Crippen LogP contribution in [0.2, 0.25) is 0 Å². The molecule has 0 atom stereocenters. The maximum absolute atomic E-state index is 3.08. The molecule has 0 amide bonds. The SMILES string of the molecule is CNCc1ccsc1.[Cl-]. The fourth-order valence-electron chi connectivity index (χ4n) is 0.597. The first-order valence-corrected chi connectivity index (χ1v) is 3.53. The molecule has 1 heterocycles. The summed E-state index contributed by atoms with van der Waals surface area (Å²) in [5.41, 5.74) is 1.37. The fraction of sp³-hybridized carbons (Fsp3) is 0.333. The van der Waals surface area contributed by atoms with Crippen molar-refractivity contribution in [2.45, 2.75) is 6.54 Å². The van der Waals surface area contributed by atoms with Gasteiger partial charge in [-0.3, -0.25) is 0 Å². The van der Waals surface area contributed by atoms with Crippen LogP contribution in [0, 0.1) is 0 Å². The van der Waals surface area contributed by atoms with E-state index in [9.17, 15) is 0 Å². The summed E-state index contributed by atoms with van der Waals surface area (Å²) in [7, 11) is 1.96. The Kier molecular flexibility index (Phi) is 4.77. The summed E-state index contributed by atoms with van der Waals surface area (Å²) in [5, 5.41) is 7.32. The van der Waals surface area contributed by atoms with Gasteiger partial charge in [0.25, 0.3) is 0 Å². The Morgan fingerprint density at radius 1 is 1.67 bits per heavy atom. The first-order valence-electron chi connectivity index (χ1n) is 2.59. The molecule has 0 aliphatic heterocycles. The molecule has 0 radical (unpaired) electrons. The summed E-state index contributed by atoms with van der Waals surface area (Å²) in [4.78, 5) is 0. The van der Waals surface area contributed by atoms with Gasteiger partial charge in [0.1, 0.15) is 0 Å². The van der Waals surface area contributed by atoms with Gasteiger partial charge in [-0.15, -0.1) is 0 Å². The minimum absolute atomic E-state index is 0. The highest BCUT2D eigenvalue weighted by molar-refractivity contribution is 7.07. The fourth-order valence-corrected chi connectivity index (χ4v) is 1.27. The molecule has 0 aliphatic rings. The summed E-state index contributed by atoms with van der Waals surface area (Å²) >= 11 is 1.74. The van der Waals surface area contributed by atoms with Gasteiger partial charge < -0.3 is 17.7 Å². The first kappa shape index (κ1) is 8.95. The van der Waals surface area contributed by atoms with Crippen molar-refractivity contribution in [2.24, 2.45) is 0 Å². The lowest BCUT2D eigenvalue weighted by atomic mass is 10.3. The summed E-state index contributed by atoms with van der Waals surface area (Å²) in [6.07, 6.45) is 0. The van der Waals surface area contributed by atoms with Gasteiger partial charge in [-0.05, 0) is 29.4 Å². The third-order valence-corrected chi connectivity index (χ3v) is 1.69. The molecule has 1 rings (SSSR count). The summed E-state index contributed by atoms with van der Waals surface area (Å²) < 4.78 is 0. The third-order valence-electron chi connectivity index (χ3n) is 0.961. The van der Waals surface area contributed by atoms with Crippen LogP contribution in [0.5, 0.6) is 0 Å². The molecule has 0 bridgehead atoms. The van der Waals surface area contributed by atoms with Gasteiger partial charge >= 0.3 is 0 Å². The van der Waals surface area contributed by atoms with Crippen LogP contribution in [0.3, 0.4) is 0 Å². The lowest BCUT2D eigenvalue weighted by Gasteiger charge is -1.89. The van der Waals surface area contributed by atoms with Crippen LogP contribution in [0.15, 0.2) is 16.8 Å². The molecule has 0 saturated carbocycles. The topological polar surface area (TPSA) is 12.0 Å². The van der Waals surface area contributed by atoms with Crippen LogP contribution in [-0.2, 0) is 6.54 Å². The Morgan fingerprint density at radius 3 is 2.89 bits per heavy atom. The molecule has 52 valence electrons. The zero-order valence-corrected chi connectivity index (χ0v) is 6.80. The molecule has 0 fully saturated rings. The van der Waals surface area contributed by atoms with Gasteiger partial charge in [0.05, 0.1) is 0 Å². The van der Waals surface area contributed by atoms with Crippen LogP contribution in [0.1, 0.15) is 5.56 Å². The van der Waals surface area contributed by atoms with Crippen LogP contribution in [0.4, 0.5) is 0 Å². The number of hydrogen-bond acceptors (Lipinski definition) is 2. The number of hydrogen-bond donors (Lipinski definition) is 1. The summed E-state index contributed by atoms with van der Waals surface area (Å²) in [5.74, 6) is 0. The highest BCUT2D eigenvalue weighted by Gasteiger charge is 1.85. The molecule has 1 aromatic rings. The van der Waals surface area contributed by atoms with Crippen LogP contribution in [-0.4, -0.2) is 7.05 Å². The standard InChI is InChI=1S/C6H9NS.ClH/c1-7-4-6-2-3-8-5-6;/h2-3,5,7H,4H2,1H3;1H/p-1. The van der Waals surface area contributed by atoms with Crippen molar-refractivity contribution in [2.75, 3.05) is 7.05 Å². The Balaban J connectivity index is 0.000000640. The van der Waals surface area contributed by atoms with Crippen LogP contribution >= 0.6 is 11.3 Å². The van der Waals surface area contributed by atoms with Gasteiger partial charge in [-0.1, -0.05) is 0 Å². The molecule has 0 aromatic carbocycles. The smallest absolute Gasteiger partial charge is 0.0210 e. The van der Waals surface area contributed by atoms with E-state index in [-0.39, 0.29) is 12.4 Å². The molecule has 3 heteroatoms. The highest BCUT2D eigenvalue weighted by Crippen LogP contribution is 2.03. The van der Waals surface area contributed by atoms with Crippen molar-refractivity contribution in [3.05, 3.63) is 22.4 Å². The van der Waals surface area contributed by atoms with E-state index in [4.69, 9.17) is 0 Å². The van der Waals surface area contributed by atoms with Gasteiger partial charge in [0.2, 0.25) is 0 Å². The number of halogens is 1. The molecule has 1 N–H and O–H groups in total. The predicted octanol–water partition coefficient (Wildman–Crippen LogP) is -1.53. The van der Waals surface area contributed by atoms with Crippen molar-refractivity contribution >= 4 is 11.3 Å². The van der Waals surface area contributed by atoms with Crippen molar-refractivity contribution in [1.29, 1.82) is 0 Å². The molecule has 0 spiro atoms. The molecule has 9 heavy (non-hydrogen) atoms. The second-order valence-corrected chi connectivity index (χ2v) is 2.44. The Bertz CT molecular complexity index is 139. The van der Waals surface area contributed by atoms with E-state index in [0.29, 0.717) is 0 Å². The minimum atomic E-state index is 0. The maximum atomic E-state index is 3.08. The van der Waals surface area contributed by atoms with Crippen molar-refractivity contribution in [3.63, 3.8) is 0 Å². The predicted molar refractivity (Wildman–Crippen MR) is 37.1 cm³/mol. The van der Waals surface area contributed by atoms with Gasteiger partial charge in [-0.25, -0.2) is 0 Å². The van der Waals surface area contributed by atoms with Crippen molar-refractivity contribution in [1.82, 2.24) is 5.32 Å². The van der Waals surface area contributed by atoms with Crippen molar-refractivity contribution in [3.8, 4) is 0 Å². The van der Waals surface area contributed by atoms with E-state index in [1.54, 1.807) is 11.3 Å². The second-order valence-electron chi connectivity index (χ2n) is 1.66. The van der Waals surface area contributed by atoms with E-state index in [2.05, 4.69) is 22.1 Å². The Labute approximate surface area is 65.5 Å². The quantitative estimate of drug-likeness (QED) is 0.557. The van der Waals surface area contributed by atoms with E-state index in [1.807, 2.05) is 7.05 Å². The number of rotatable bonds is 2. The average Bonchev–Trinajstić information content (AvgIpc) is 2.19. The van der Waals surface area contributed by atoms with E-state index < -0.39 is 0 Å². The van der Waals surface area contributed by atoms with Gasteiger partial charge in [-0.2, -0.15) is 11.3 Å². The summed E-state index contributed by atoms with van der Waals surface area (Å²) in [6.45, 7) is 0.990. The maximum Gasteiger partial charge on any atom is 0.0210 e. The molecule has 0 saturated heterocycles. The van der Waals surface area contributed by atoms with Crippen molar-refractivity contribution < 1.29 is 12.4 Å². The van der Waals surface area contributed by atoms with E-state index in [1.165, 1.54) is 5.56 Å². The second kappa shape index (κ2) is 4.79. The Hall–Kier alpha value is -0.0500. The Morgan fingerprint density at radius 2 is 2.44 bits per heavy atom. The largest absolute Gasteiger partial charge is 1.00 e. The highest BCUT2D eigenvalue weighted by atomic mass is 35.5. The monoisotopic (exact) mass is 162 g/mol. The zero-order chi connectivity index (χ0) is 5.82. The summed E-state index contributed by atoms with van der Waals surface area (Å²) in [6, 6.07) is 2.13. The lowest BCUT2D eigenvalue weighted by Crippen LogP contribution is -3.00. The average molecular weight is 163 g/mol. The van der Waals surface area contributed by atoms with Gasteiger partial charge in [0, 0.05) is 6.54 Å². The molecule has 1 nitrogen and oxygen atoms in total. The zero-order valence-electron chi connectivity index (χ0n) is 5.23.